The molecule has 1 amide bonds. The second kappa shape index (κ2) is 5.56. The zero-order valence-electron chi connectivity index (χ0n) is 11.4. The van der Waals surface area contributed by atoms with E-state index in [1.54, 1.807) is 0 Å². The lowest BCUT2D eigenvalue weighted by Crippen LogP contribution is -2.44. The molecule has 3 rings (SSSR count). The third-order valence-corrected chi connectivity index (χ3v) is 4.36. The Hall–Kier alpha value is -1.36. The van der Waals surface area contributed by atoms with Crippen LogP contribution in [-0.2, 0) is 10.3 Å². The van der Waals surface area contributed by atoms with E-state index in [0.29, 0.717) is 13.2 Å². The Morgan fingerprint density at radius 3 is 2.60 bits per heavy atom. The molecule has 1 aromatic carbocycles. The molecule has 4 nitrogen and oxygen atoms in total. The lowest BCUT2D eigenvalue weighted by atomic mass is 9.87. The summed E-state index contributed by atoms with van der Waals surface area (Å²) >= 11 is 4.06. The van der Waals surface area contributed by atoms with Crippen molar-refractivity contribution in [2.24, 2.45) is 0 Å². The van der Waals surface area contributed by atoms with Gasteiger partial charge < -0.3 is 14.8 Å². The smallest absolute Gasteiger partial charge is 0.230 e. The molecular weight excluding hydrogens is 274 g/mol. The van der Waals surface area contributed by atoms with Gasteiger partial charge in [0.1, 0.15) is 13.2 Å². The van der Waals surface area contributed by atoms with Gasteiger partial charge in [0.05, 0.1) is 11.3 Å². The van der Waals surface area contributed by atoms with E-state index < -0.39 is 0 Å². The molecular formula is C15H19NO3S. The van der Waals surface area contributed by atoms with Crippen LogP contribution in [0.4, 0.5) is 0 Å². The van der Waals surface area contributed by atoms with E-state index in [9.17, 15) is 4.79 Å². The van der Waals surface area contributed by atoms with Crippen LogP contribution in [-0.4, -0.2) is 24.9 Å². The standard InChI is InChI=1S/C15H19NO3S/c17-14(10-20)16-15(5-1-2-6-15)11-3-4-12-13(9-11)19-8-7-18-12/h3-4,9,20H,1-2,5-8,10H2,(H,16,17). The van der Waals surface area contributed by atoms with Gasteiger partial charge in [-0.2, -0.15) is 12.6 Å². The first-order valence-corrected chi connectivity index (χ1v) is 7.69. The molecule has 2 aliphatic rings. The molecule has 0 unspecified atom stereocenters. The first-order valence-electron chi connectivity index (χ1n) is 7.05. The number of fused-ring (bicyclic) bond motifs is 1. The summed E-state index contributed by atoms with van der Waals surface area (Å²) in [6.07, 6.45) is 4.18. The maximum atomic E-state index is 11.8. The highest BCUT2D eigenvalue weighted by Crippen LogP contribution is 2.42. The number of carbonyl (C=O) groups is 1. The summed E-state index contributed by atoms with van der Waals surface area (Å²) in [6, 6.07) is 5.99. The van der Waals surface area contributed by atoms with Gasteiger partial charge in [-0.05, 0) is 30.5 Å². The molecule has 0 saturated heterocycles. The lowest BCUT2D eigenvalue weighted by Gasteiger charge is -2.32. The molecule has 0 spiro atoms. The molecule has 0 bridgehead atoms. The molecule has 1 saturated carbocycles. The number of benzene rings is 1. The Bertz CT molecular complexity index is 512. The summed E-state index contributed by atoms with van der Waals surface area (Å²) in [5, 5.41) is 3.15. The van der Waals surface area contributed by atoms with Crippen LogP contribution in [0.2, 0.25) is 0 Å². The number of thiol groups is 1. The molecule has 0 radical (unpaired) electrons. The van der Waals surface area contributed by atoms with Crippen molar-refractivity contribution in [1.29, 1.82) is 0 Å². The zero-order chi connectivity index (χ0) is 14.0. The van der Waals surface area contributed by atoms with Crippen molar-refractivity contribution in [3.05, 3.63) is 23.8 Å². The van der Waals surface area contributed by atoms with Gasteiger partial charge in [0, 0.05) is 0 Å². The normalized spacial score (nSPS) is 19.6. The SMILES string of the molecule is O=C(CS)NC1(c2ccc3c(c2)OCCO3)CCCC1. The Morgan fingerprint density at radius 1 is 1.20 bits per heavy atom. The van der Waals surface area contributed by atoms with E-state index in [4.69, 9.17) is 9.47 Å². The van der Waals surface area contributed by atoms with Crippen molar-refractivity contribution >= 4 is 18.5 Å². The molecule has 1 aliphatic carbocycles. The van der Waals surface area contributed by atoms with Crippen LogP contribution in [0.25, 0.3) is 0 Å². The first kappa shape index (κ1) is 13.6. The molecule has 0 atom stereocenters. The second-order valence-electron chi connectivity index (χ2n) is 5.35. The fourth-order valence-corrected chi connectivity index (χ4v) is 3.19. The van der Waals surface area contributed by atoms with Crippen LogP contribution in [0.1, 0.15) is 31.2 Å². The average molecular weight is 293 g/mol. The summed E-state index contributed by atoms with van der Waals surface area (Å²) in [6.45, 7) is 1.17. The van der Waals surface area contributed by atoms with E-state index in [1.165, 1.54) is 0 Å². The van der Waals surface area contributed by atoms with Crippen LogP contribution < -0.4 is 14.8 Å². The maximum Gasteiger partial charge on any atom is 0.230 e. The van der Waals surface area contributed by atoms with Crippen LogP contribution in [0.15, 0.2) is 18.2 Å². The summed E-state index contributed by atoms with van der Waals surface area (Å²) < 4.78 is 11.2. The average Bonchev–Trinajstić information content (AvgIpc) is 2.96. The third kappa shape index (κ3) is 2.46. The summed E-state index contributed by atoms with van der Waals surface area (Å²) in [7, 11) is 0. The molecule has 1 aromatic rings. The van der Waals surface area contributed by atoms with E-state index >= 15 is 0 Å². The fourth-order valence-electron chi connectivity index (χ4n) is 3.11. The van der Waals surface area contributed by atoms with Crippen molar-refractivity contribution in [3.8, 4) is 11.5 Å². The predicted octanol–water partition coefficient (Wildman–Crippen LogP) is 2.27. The Kier molecular flexibility index (Phi) is 3.78. The van der Waals surface area contributed by atoms with Crippen LogP contribution in [0, 0.1) is 0 Å². The van der Waals surface area contributed by atoms with Crippen LogP contribution in [0.3, 0.4) is 0 Å². The minimum absolute atomic E-state index is 0.0230. The molecule has 20 heavy (non-hydrogen) atoms. The van der Waals surface area contributed by atoms with Gasteiger partial charge in [-0.1, -0.05) is 18.9 Å². The number of hydrogen-bond acceptors (Lipinski definition) is 4. The molecule has 1 aliphatic heterocycles. The second-order valence-corrected chi connectivity index (χ2v) is 5.67. The van der Waals surface area contributed by atoms with Gasteiger partial charge in [-0.15, -0.1) is 0 Å². The van der Waals surface area contributed by atoms with E-state index in [-0.39, 0.29) is 17.2 Å². The zero-order valence-corrected chi connectivity index (χ0v) is 12.2. The molecule has 108 valence electrons. The quantitative estimate of drug-likeness (QED) is 0.841. The number of carbonyl (C=O) groups excluding carboxylic acids is 1. The number of amides is 1. The Labute approximate surface area is 124 Å². The highest BCUT2D eigenvalue weighted by Gasteiger charge is 2.37. The van der Waals surface area contributed by atoms with Crippen molar-refractivity contribution in [1.82, 2.24) is 5.32 Å². The molecule has 0 aromatic heterocycles. The van der Waals surface area contributed by atoms with Crippen molar-refractivity contribution in [2.75, 3.05) is 19.0 Å². The van der Waals surface area contributed by atoms with Gasteiger partial charge in [0.25, 0.3) is 0 Å². The van der Waals surface area contributed by atoms with Gasteiger partial charge >= 0.3 is 0 Å². The Morgan fingerprint density at radius 2 is 1.90 bits per heavy atom. The number of rotatable bonds is 3. The summed E-state index contributed by atoms with van der Waals surface area (Å²) in [5.41, 5.74) is 0.838. The minimum Gasteiger partial charge on any atom is -0.486 e. The largest absolute Gasteiger partial charge is 0.486 e. The van der Waals surface area contributed by atoms with Crippen LogP contribution in [0.5, 0.6) is 11.5 Å². The fraction of sp³-hybridized carbons (Fsp3) is 0.533. The molecule has 1 heterocycles. The highest BCUT2D eigenvalue weighted by molar-refractivity contribution is 7.81. The van der Waals surface area contributed by atoms with Crippen LogP contribution >= 0.6 is 12.6 Å². The van der Waals surface area contributed by atoms with E-state index in [0.717, 1.165) is 42.7 Å². The summed E-state index contributed by atoms with van der Waals surface area (Å²) in [4.78, 5) is 11.8. The maximum absolute atomic E-state index is 11.8. The monoisotopic (exact) mass is 293 g/mol. The molecule has 5 heteroatoms. The highest BCUT2D eigenvalue weighted by atomic mass is 32.1. The Balaban J connectivity index is 1.93. The van der Waals surface area contributed by atoms with E-state index in [2.05, 4.69) is 17.9 Å². The van der Waals surface area contributed by atoms with Crippen molar-refractivity contribution in [2.45, 2.75) is 31.2 Å². The number of ether oxygens (including phenoxy) is 2. The number of hydrogen-bond donors (Lipinski definition) is 2. The number of nitrogens with one attached hydrogen (secondary N) is 1. The minimum atomic E-state index is -0.268. The van der Waals surface area contributed by atoms with Gasteiger partial charge in [-0.3, -0.25) is 4.79 Å². The third-order valence-electron chi connectivity index (χ3n) is 4.07. The summed E-state index contributed by atoms with van der Waals surface area (Å²) in [5.74, 6) is 1.76. The van der Waals surface area contributed by atoms with Crippen molar-refractivity contribution in [3.63, 3.8) is 0 Å². The first-order chi connectivity index (χ1) is 9.73. The van der Waals surface area contributed by atoms with E-state index in [1.807, 2.05) is 18.2 Å². The van der Waals surface area contributed by atoms with Gasteiger partial charge in [0.2, 0.25) is 5.91 Å². The predicted molar refractivity (Wildman–Crippen MR) is 79.6 cm³/mol. The van der Waals surface area contributed by atoms with Crippen molar-refractivity contribution < 1.29 is 14.3 Å². The van der Waals surface area contributed by atoms with Gasteiger partial charge in [-0.25, -0.2) is 0 Å². The van der Waals surface area contributed by atoms with Gasteiger partial charge in [0.15, 0.2) is 11.5 Å². The lowest BCUT2D eigenvalue weighted by molar-refractivity contribution is -0.120. The topological polar surface area (TPSA) is 47.6 Å². The molecule has 1 fully saturated rings. The molecule has 1 N–H and O–H groups in total.